The van der Waals surface area contributed by atoms with Crippen LogP contribution in [0.15, 0.2) is 24.3 Å². The van der Waals surface area contributed by atoms with Crippen LogP contribution in [0.5, 0.6) is 0 Å². The van der Waals surface area contributed by atoms with Crippen LogP contribution in [0.3, 0.4) is 0 Å². The number of nitrogens with zero attached hydrogens (tertiary/aromatic N) is 1. The summed E-state index contributed by atoms with van der Waals surface area (Å²) in [4.78, 5) is 38.8. The van der Waals surface area contributed by atoms with Gasteiger partial charge in [0.1, 0.15) is 6.54 Å². The van der Waals surface area contributed by atoms with Gasteiger partial charge in [0.2, 0.25) is 17.7 Å². The normalized spacial score (nSPS) is 29.5. The summed E-state index contributed by atoms with van der Waals surface area (Å²) in [5, 5.41) is 2.77. The number of rotatable bonds is 3. The maximum atomic E-state index is 12.5. The highest BCUT2D eigenvalue weighted by molar-refractivity contribution is 9.12. The molecule has 1 saturated carbocycles. The molecular formula is C17H18Br2N2O3. The Morgan fingerprint density at radius 2 is 1.67 bits per heavy atom. The van der Waals surface area contributed by atoms with Gasteiger partial charge in [-0.25, -0.2) is 0 Å². The molecule has 0 radical (unpaired) electrons. The fourth-order valence-corrected chi connectivity index (χ4v) is 4.60. The van der Waals surface area contributed by atoms with Gasteiger partial charge in [-0.3, -0.25) is 19.3 Å². The smallest absolute Gasteiger partial charge is 0.244 e. The van der Waals surface area contributed by atoms with Crippen LogP contribution in [-0.4, -0.2) is 38.8 Å². The van der Waals surface area contributed by atoms with E-state index in [1.165, 1.54) is 0 Å². The summed E-state index contributed by atoms with van der Waals surface area (Å²) < 4.78 is 0. The maximum Gasteiger partial charge on any atom is 0.244 e. The molecule has 1 aromatic rings. The number of para-hydroxylation sites is 1. The second-order valence-electron chi connectivity index (χ2n) is 6.34. The van der Waals surface area contributed by atoms with Crippen LogP contribution >= 0.6 is 31.9 Å². The van der Waals surface area contributed by atoms with Gasteiger partial charge in [0.15, 0.2) is 0 Å². The SMILES string of the molecule is Cc1ccccc1NC(=O)CN1C(=O)[C@@H]2C[C@H](Br)[C@@H](Br)C[C@H]2C1=O. The second kappa shape index (κ2) is 6.96. The number of likely N-dealkylation sites (tertiary alicyclic amines) is 1. The summed E-state index contributed by atoms with van der Waals surface area (Å²) in [5.41, 5.74) is 1.63. The van der Waals surface area contributed by atoms with Crippen molar-refractivity contribution in [3.05, 3.63) is 29.8 Å². The Morgan fingerprint density at radius 3 is 2.21 bits per heavy atom. The minimum absolute atomic E-state index is 0.163. The zero-order valence-electron chi connectivity index (χ0n) is 13.2. The van der Waals surface area contributed by atoms with Crippen LogP contribution in [0.25, 0.3) is 0 Å². The molecule has 128 valence electrons. The van der Waals surface area contributed by atoms with Gasteiger partial charge in [0.05, 0.1) is 11.8 Å². The number of hydrogen-bond donors (Lipinski definition) is 1. The largest absolute Gasteiger partial charge is 0.324 e. The Morgan fingerprint density at radius 1 is 1.12 bits per heavy atom. The average molecular weight is 458 g/mol. The summed E-state index contributed by atoms with van der Waals surface area (Å²) in [6.45, 7) is 1.67. The Balaban J connectivity index is 1.69. The number of hydrogen-bond acceptors (Lipinski definition) is 3. The lowest BCUT2D eigenvalue weighted by Crippen LogP contribution is -2.38. The van der Waals surface area contributed by atoms with Crippen molar-refractivity contribution in [1.29, 1.82) is 0 Å². The van der Waals surface area contributed by atoms with E-state index in [1.807, 2.05) is 25.1 Å². The molecule has 1 heterocycles. The first-order chi connectivity index (χ1) is 11.4. The number of imide groups is 1. The Hall–Kier alpha value is -1.21. The molecule has 1 N–H and O–H groups in total. The number of carbonyl (C=O) groups is 3. The lowest BCUT2D eigenvalue weighted by atomic mass is 9.81. The van der Waals surface area contributed by atoms with Gasteiger partial charge in [-0.15, -0.1) is 0 Å². The van der Waals surface area contributed by atoms with Crippen molar-refractivity contribution in [2.75, 3.05) is 11.9 Å². The van der Waals surface area contributed by atoms with E-state index in [2.05, 4.69) is 37.2 Å². The summed E-state index contributed by atoms with van der Waals surface area (Å²) in [6, 6.07) is 7.40. The topological polar surface area (TPSA) is 66.5 Å². The van der Waals surface area contributed by atoms with Crippen molar-refractivity contribution >= 4 is 55.3 Å². The van der Waals surface area contributed by atoms with E-state index in [0.717, 1.165) is 10.5 Å². The molecular weight excluding hydrogens is 440 g/mol. The van der Waals surface area contributed by atoms with Crippen molar-refractivity contribution in [2.45, 2.75) is 29.4 Å². The van der Waals surface area contributed by atoms with Gasteiger partial charge in [-0.2, -0.15) is 0 Å². The Bertz CT molecular complexity index is 666. The van der Waals surface area contributed by atoms with Crippen LogP contribution in [0, 0.1) is 18.8 Å². The molecule has 1 aromatic carbocycles. The predicted molar refractivity (Wildman–Crippen MR) is 98.2 cm³/mol. The second-order valence-corrected chi connectivity index (χ2v) is 8.69. The lowest BCUT2D eigenvalue weighted by molar-refractivity contribution is -0.142. The number of anilines is 1. The maximum absolute atomic E-state index is 12.5. The lowest BCUT2D eigenvalue weighted by Gasteiger charge is -2.29. The zero-order chi connectivity index (χ0) is 17.4. The minimum Gasteiger partial charge on any atom is -0.324 e. The zero-order valence-corrected chi connectivity index (χ0v) is 16.3. The molecule has 3 amide bonds. The van der Waals surface area contributed by atoms with E-state index >= 15 is 0 Å². The van der Waals surface area contributed by atoms with E-state index in [4.69, 9.17) is 0 Å². The molecule has 24 heavy (non-hydrogen) atoms. The number of halogens is 2. The predicted octanol–water partition coefficient (Wildman–Crippen LogP) is 2.86. The van der Waals surface area contributed by atoms with Crippen LogP contribution < -0.4 is 5.32 Å². The van der Waals surface area contributed by atoms with E-state index in [9.17, 15) is 14.4 Å². The van der Waals surface area contributed by atoms with Crippen molar-refractivity contribution in [2.24, 2.45) is 11.8 Å². The van der Waals surface area contributed by atoms with Gasteiger partial charge in [-0.1, -0.05) is 50.1 Å². The highest BCUT2D eigenvalue weighted by Crippen LogP contribution is 2.43. The van der Waals surface area contributed by atoms with Crippen LogP contribution in [0.2, 0.25) is 0 Å². The number of fused-ring (bicyclic) bond motifs is 1. The van der Waals surface area contributed by atoms with Gasteiger partial charge in [-0.05, 0) is 31.4 Å². The molecule has 0 spiro atoms. The molecule has 1 saturated heterocycles. The summed E-state index contributed by atoms with van der Waals surface area (Å²) >= 11 is 7.10. The number of amides is 3. The number of aryl methyl sites for hydroxylation is 1. The van der Waals surface area contributed by atoms with Crippen LogP contribution in [0.4, 0.5) is 5.69 Å². The fourth-order valence-electron chi connectivity index (χ4n) is 3.37. The number of carbonyl (C=O) groups excluding carboxylic acids is 3. The number of nitrogens with one attached hydrogen (secondary N) is 1. The molecule has 0 unspecified atom stereocenters. The third-order valence-electron chi connectivity index (χ3n) is 4.72. The minimum atomic E-state index is -0.351. The summed E-state index contributed by atoms with van der Waals surface area (Å²) in [7, 11) is 0. The van der Waals surface area contributed by atoms with Crippen molar-refractivity contribution < 1.29 is 14.4 Å². The highest BCUT2D eigenvalue weighted by atomic mass is 79.9. The van der Waals surface area contributed by atoms with Crippen LogP contribution in [0.1, 0.15) is 18.4 Å². The van der Waals surface area contributed by atoms with Gasteiger partial charge < -0.3 is 5.32 Å². The number of alkyl halides is 2. The van der Waals surface area contributed by atoms with E-state index in [1.54, 1.807) is 6.07 Å². The molecule has 4 atom stereocenters. The molecule has 2 fully saturated rings. The fraction of sp³-hybridized carbons (Fsp3) is 0.471. The number of benzene rings is 1. The average Bonchev–Trinajstić information content (AvgIpc) is 2.75. The van der Waals surface area contributed by atoms with Gasteiger partial charge in [0, 0.05) is 15.3 Å². The Kier molecular flexibility index (Phi) is 5.11. The summed E-state index contributed by atoms with van der Waals surface area (Å²) in [5.74, 6) is -1.44. The van der Waals surface area contributed by atoms with Gasteiger partial charge in [0.25, 0.3) is 0 Å². The summed E-state index contributed by atoms with van der Waals surface area (Å²) in [6.07, 6.45) is 1.22. The molecule has 1 aliphatic heterocycles. The molecule has 1 aliphatic carbocycles. The van der Waals surface area contributed by atoms with E-state index in [0.29, 0.717) is 18.5 Å². The highest BCUT2D eigenvalue weighted by Gasteiger charge is 2.52. The first kappa shape index (κ1) is 17.6. The first-order valence-corrected chi connectivity index (χ1v) is 9.70. The van der Waals surface area contributed by atoms with Crippen molar-refractivity contribution in [1.82, 2.24) is 4.90 Å². The standard InChI is InChI=1S/C17H18Br2N2O3/c1-9-4-2-3-5-14(9)20-15(22)8-21-16(23)10-6-12(18)13(19)7-11(10)17(21)24/h2-5,10-13H,6-8H2,1H3,(H,20,22)/t10-,11-,12+,13+/m1/s1. The van der Waals surface area contributed by atoms with E-state index in [-0.39, 0.29) is 45.8 Å². The third-order valence-corrected chi connectivity index (χ3v) is 7.46. The van der Waals surface area contributed by atoms with E-state index < -0.39 is 0 Å². The van der Waals surface area contributed by atoms with Crippen LogP contribution in [-0.2, 0) is 14.4 Å². The Labute approximate surface area is 157 Å². The molecule has 7 heteroatoms. The molecule has 0 aromatic heterocycles. The first-order valence-electron chi connectivity index (χ1n) is 7.87. The van der Waals surface area contributed by atoms with Crippen molar-refractivity contribution in [3.8, 4) is 0 Å². The molecule has 2 aliphatic rings. The molecule has 0 bridgehead atoms. The third kappa shape index (κ3) is 3.28. The monoisotopic (exact) mass is 456 g/mol. The molecule has 5 nitrogen and oxygen atoms in total. The molecule has 3 rings (SSSR count). The van der Waals surface area contributed by atoms with Gasteiger partial charge >= 0.3 is 0 Å². The van der Waals surface area contributed by atoms with Crippen molar-refractivity contribution in [3.63, 3.8) is 0 Å². The quantitative estimate of drug-likeness (QED) is 0.560.